The van der Waals surface area contributed by atoms with Crippen molar-refractivity contribution in [1.82, 2.24) is 14.5 Å². The van der Waals surface area contributed by atoms with Crippen LogP contribution in [0.4, 0.5) is 14.5 Å². The molecule has 1 aliphatic rings. The Morgan fingerprint density at radius 1 is 0.860 bits per heavy atom. The van der Waals surface area contributed by atoms with Gasteiger partial charge in [0.1, 0.15) is 17.1 Å². The number of rotatable bonds is 11. The minimum atomic E-state index is -0.778. The Balaban J connectivity index is 1.10. The van der Waals surface area contributed by atoms with Gasteiger partial charge in [0.05, 0.1) is 30.4 Å². The highest BCUT2D eigenvalue weighted by atomic mass is 19.1. The van der Waals surface area contributed by atoms with Crippen LogP contribution in [0.1, 0.15) is 29.6 Å². The second-order valence-electron chi connectivity index (χ2n) is 12.0. The van der Waals surface area contributed by atoms with Gasteiger partial charge in [-0.3, -0.25) is 14.6 Å². The van der Waals surface area contributed by atoms with E-state index in [1.54, 1.807) is 74.0 Å². The summed E-state index contributed by atoms with van der Waals surface area (Å²) in [7, 11) is 1.55. The number of pyridine rings is 2. The normalized spacial score (nSPS) is 13.1. The number of anilines is 1. The fraction of sp³-hybridized carbons (Fsp3) is 0.205. The second-order valence-corrected chi connectivity index (χ2v) is 12.0. The van der Waals surface area contributed by atoms with Gasteiger partial charge in [-0.05, 0) is 80.9 Å². The number of hydrogen-bond acceptors (Lipinski definition) is 7. The maximum absolute atomic E-state index is 15.5. The van der Waals surface area contributed by atoms with Crippen molar-refractivity contribution in [3.63, 3.8) is 0 Å². The third kappa shape index (κ3) is 6.72. The Hall–Kier alpha value is -5.81. The van der Waals surface area contributed by atoms with Crippen molar-refractivity contribution in [3.8, 4) is 28.7 Å². The molecule has 4 aromatic carbocycles. The third-order valence-electron chi connectivity index (χ3n) is 8.74. The fourth-order valence-electron chi connectivity index (χ4n) is 6.23. The number of hydrogen-bond donors (Lipinski definition) is 1. The lowest BCUT2D eigenvalue weighted by molar-refractivity contribution is 0.102. The third-order valence-corrected chi connectivity index (χ3v) is 8.74. The first kappa shape index (κ1) is 32.7. The highest BCUT2D eigenvalue weighted by Gasteiger charge is 2.19. The van der Waals surface area contributed by atoms with Crippen molar-refractivity contribution in [2.24, 2.45) is 0 Å². The van der Waals surface area contributed by atoms with Crippen LogP contribution >= 0.6 is 0 Å². The van der Waals surface area contributed by atoms with Gasteiger partial charge in [-0.1, -0.05) is 24.3 Å². The quantitative estimate of drug-likeness (QED) is 0.140. The molecule has 9 nitrogen and oxygen atoms in total. The van der Waals surface area contributed by atoms with Crippen LogP contribution in [-0.2, 0) is 0 Å². The molecule has 0 bridgehead atoms. The Bertz CT molecular complexity index is 2270. The van der Waals surface area contributed by atoms with Gasteiger partial charge >= 0.3 is 0 Å². The number of methoxy groups -OCH3 is 1. The summed E-state index contributed by atoms with van der Waals surface area (Å²) in [4.78, 5) is 33.7. The van der Waals surface area contributed by atoms with Crippen LogP contribution in [0.5, 0.6) is 23.0 Å². The Morgan fingerprint density at radius 2 is 1.66 bits per heavy atom. The molecule has 1 N–H and O–H groups in total. The van der Waals surface area contributed by atoms with Gasteiger partial charge in [-0.2, -0.15) is 0 Å². The zero-order chi connectivity index (χ0) is 34.6. The van der Waals surface area contributed by atoms with Crippen molar-refractivity contribution in [2.75, 3.05) is 38.7 Å². The average Bonchev–Trinajstić information content (AvgIpc) is 3.65. The molecule has 1 saturated heterocycles. The largest absolute Gasteiger partial charge is 0.493 e. The van der Waals surface area contributed by atoms with E-state index in [1.807, 2.05) is 0 Å². The van der Waals surface area contributed by atoms with Gasteiger partial charge in [-0.15, -0.1) is 0 Å². The van der Waals surface area contributed by atoms with Crippen molar-refractivity contribution in [1.29, 1.82) is 0 Å². The van der Waals surface area contributed by atoms with Crippen LogP contribution in [0.3, 0.4) is 0 Å². The number of para-hydroxylation sites is 2. The lowest BCUT2D eigenvalue weighted by Crippen LogP contribution is -2.24. The number of ether oxygens (including phenoxy) is 3. The molecule has 254 valence electrons. The first-order chi connectivity index (χ1) is 24.4. The number of likely N-dealkylation sites (tertiary alicyclic amines) is 1. The second kappa shape index (κ2) is 14.4. The number of nitrogens with zero attached hydrogens (tertiary/aromatic N) is 3. The van der Waals surface area contributed by atoms with Gasteiger partial charge in [0.15, 0.2) is 23.1 Å². The molecule has 0 saturated carbocycles. The summed E-state index contributed by atoms with van der Waals surface area (Å²) in [6, 6.07) is 21.8. The lowest BCUT2D eigenvalue weighted by Gasteiger charge is -2.16. The Labute approximate surface area is 286 Å². The van der Waals surface area contributed by atoms with Crippen molar-refractivity contribution in [3.05, 3.63) is 125 Å². The highest BCUT2D eigenvalue weighted by Crippen LogP contribution is 2.38. The maximum atomic E-state index is 15.5. The van der Waals surface area contributed by atoms with Crippen LogP contribution in [0.15, 0.2) is 102 Å². The summed E-state index contributed by atoms with van der Waals surface area (Å²) in [5.41, 5.74) is 0.505. The van der Waals surface area contributed by atoms with E-state index in [9.17, 15) is 14.0 Å². The van der Waals surface area contributed by atoms with Gasteiger partial charge in [-0.25, -0.2) is 8.78 Å². The summed E-state index contributed by atoms with van der Waals surface area (Å²) in [6.07, 6.45) is 6.23. The van der Waals surface area contributed by atoms with Crippen LogP contribution in [0, 0.1) is 11.6 Å². The van der Waals surface area contributed by atoms with Gasteiger partial charge in [0, 0.05) is 47.5 Å². The predicted octanol–water partition coefficient (Wildman–Crippen LogP) is 7.74. The van der Waals surface area contributed by atoms with Crippen molar-refractivity contribution >= 4 is 33.4 Å². The average molecular weight is 677 g/mol. The Kier molecular flexibility index (Phi) is 9.39. The van der Waals surface area contributed by atoms with E-state index in [4.69, 9.17) is 14.2 Å². The van der Waals surface area contributed by atoms with Crippen molar-refractivity contribution in [2.45, 2.75) is 19.3 Å². The number of amides is 1. The van der Waals surface area contributed by atoms with Gasteiger partial charge < -0.3 is 29.0 Å². The summed E-state index contributed by atoms with van der Waals surface area (Å²) in [5.74, 6) is -0.746. The molecule has 50 heavy (non-hydrogen) atoms. The van der Waals surface area contributed by atoms with Crippen LogP contribution in [0.2, 0.25) is 0 Å². The summed E-state index contributed by atoms with van der Waals surface area (Å²) in [5, 5.41) is 3.41. The molecular weight excluding hydrogens is 642 g/mol. The fourth-order valence-corrected chi connectivity index (χ4v) is 6.23. The zero-order valence-electron chi connectivity index (χ0n) is 27.3. The molecule has 7 rings (SSSR count). The number of fused-ring (bicyclic) bond motifs is 2. The number of aromatic nitrogens is 2. The lowest BCUT2D eigenvalue weighted by atomic mass is 10.1. The smallest absolute Gasteiger partial charge is 0.261 e. The summed E-state index contributed by atoms with van der Waals surface area (Å²) >= 11 is 0. The van der Waals surface area contributed by atoms with E-state index in [0.29, 0.717) is 40.3 Å². The first-order valence-electron chi connectivity index (χ1n) is 16.4. The molecule has 3 heterocycles. The topological polar surface area (TPSA) is 94.9 Å². The highest BCUT2D eigenvalue weighted by molar-refractivity contribution is 6.06. The van der Waals surface area contributed by atoms with E-state index in [2.05, 4.69) is 15.2 Å². The Morgan fingerprint density at radius 3 is 2.46 bits per heavy atom. The molecule has 0 spiro atoms. The van der Waals surface area contributed by atoms with Gasteiger partial charge in [0.25, 0.3) is 5.91 Å². The predicted molar refractivity (Wildman–Crippen MR) is 188 cm³/mol. The molecule has 0 unspecified atom stereocenters. The van der Waals surface area contributed by atoms with Crippen LogP contribution in [-0.4, -0.2) is 53.7 Å². The molecule has 0 atom stereocenters. The standard InChI is InChI=1S/C39H34F2N4O5/c1-48-36-22-27-31(23-37(36)49-20-8-19-44-17-6-7-18-44)42-16-15-34(27)50-35-14-13-25(21-30(35)41)43-39(47)28-24-45(33-12-5-3-10-29(33)40)32-11-4-2-9-26(32)38(28)46/h2-5,9-16,21-24H,6-8,17-20H2,1H3,(H,43,47). The van der Waals surface area contributed by atoms with E-state index < -0.39 is 23.0 Å². The van der Waals surface area contributed by atoms with E-state index >= 15 is 4.39 Å². The van der Waals surface area contributed by atoms with Crippen molar-refractivity contribution < 1.29 is 27.8 Å². The number of carbonyl (C=O) groups is 1. The number of nitrogens with one attached hydrogen (secondary N) is 1. The zero-order valence-corrected chi connectivity index (χ0v) is 27.3. The molecular formula is C39H34F2N4O5. The molecule has 2 aromatic heterocycles. The summed E-state index contributed by atoms with van der Waals surface area (Å²) < 4.78 is 49.3. The van der Waals surface area contributed by atoms with Crippen LogP contribution < -0.4 is 25.0 Å². The SMILES string of the molecule is COc1cc2c(Oc3ccc(NC(=O)c4cn(-c5ccccc5F)c5ccccc5c4=O)cc3F)ccnc2cc1OCCCN1CCCC1. The molecule has 1 fully saturated rings. The monoisotopic (exact) mass is 676 g/mol. The number of benzene rings is 4. The first-order valence-corrected chi connectivity index (χ1v) is 16.4. The van der Waals surface area contributed by atoms with E-state index in [1.165, 1.54) is 41.8 Å². The molecule has 11 heteroatoms. The van der Waals surface area contributed by atoms with E-state index in [0.717, 1.165) is 32.1 Å². The minimum absolute atomic E-state index is 0.0932. The van der Waals surface area contributed by atoms with E-state index in [-0.39, 0.29) is 28.1 Å². The van der Waals surface area contributed by atoms with Gasteiger partial charge in [0.2, 0.25) is 5.43 Å². The number of halogens is 2. The minimum Gasteiger partial charge on any atom is -0.493 e. The maximum Gasteiger partial charge on any atom is 0.261 e. The summed E-state index contributed by atoms with van der Waals surface area (Å²) in [6.45, 7) is 3.79. The molecule has 1 aliphatic heterocycles. The number of carbonyl (C=O) groups excluding carboxylic acids is 1. The molecule has 0 aliphatic carbocycles. The molecule has 6 aromatic rings. The van der Waals surface area contributed by atoms with Crippen LogP contribution in [0.25, 0.3) is 27.5 Å². The molecule has 0 radical (unpaired) electrons. The molecule has 1 amide bonds.